The number of ketones is 1. The average Bonchev–Trinajstić information content (AvgIpc) is 1.91. The van der Waals surface area contributed by atoms with E-state index in [-0.39, 0.29) is 17.9 Å². The molecule has 0 heterocycles. The van der Waals surface area contributed by atoms with Crippen molar-refractivity contribution >= 4 is 44.9 Å². The first-order chi connectivity index (χ1) is 4.68. The summed E-state index contributed by atoms with van der Waals surface area (Å²) in [5.74, 6) is 0.171. The molecule has 0 saturated heterocycles. The van der Waals surface area contributed by atoms with Gasteiger partial charge in [-0.2, -0.15) is 0 Å². The lowest BCUT2D eigenvalue weighted by Crippen LogP contribution is -1.85. The molecule has 0 bridgehead atoms. The summed E-state index contributed by atoms with van der Waals surface area (Å²) < 4.78 is 4.36. The van der Waals surface area contributed by atoms with Gasteiger partial charge in [-0.15, -0.1) is 0 Å². The van der Waals surface area contributed by atoms with Crippen LogP contribution in [0.25, 0.3) is 0 Å². The Hall–Kier alpha value is 0.690. The third-order valence-electron chi connectivity index (χ3n) is 0.342. The lowest BCUT2D eigenvalue weighted by molar-refractivity contribution is -0.114. The molecule has 0 spiro atoms. The fraction of sp³-hybridized carbons (Fsp3) is 0.800. The predicted octanol–water partition coefficient (Wildman–Crippen LogP) is 2.37. The largest absolute Gasteiger partial charge is 0.350 e. The van der Waals surface area contributed by atoms with Crippen molar-refractivity contribution in [2.75, 3.05) is 17.5 Å². The van der Waals surface area contributed by atoms with Gasteiger partial charge in [-0.05, 0) is 6.92 Å². The Morgan fingerprint density at radius 2 is 1.80 bits per heavy atom. The number of carbonyl (C=O) groups is 1. The number of alkyl halides is 3. The molecule has 0 N–H and O–H groups in total. The van der Waals surface area contributed by atoms with Gasteiger partial charge < -0.3 is 4.74 Å². The van der Waals surface area contributed by atoms with Crippen LogP contribution >= 0.6 is 39.1 Å². The molecule has 0 aliphatic carbocycles. The summed E-state index contributed by atoms with van der Waals surface area (Å²) >= 11 is 13.0. The van der Waals surface area contributed by atoms with Crippen LogP contribution in [0, 0.1) is 0 Å². The van der Waals surface area contributed by atoms with Gasteiger partial charge in [0.1, 0.15) is 17.9 Å². The van der Waals surface area contributed by atoms with Crippen molar-refractivity contribution < 1.29 is 9.53 Å². The van der Waals surface area contributed by atoms with E-state index < -0.39 is 0 Å². The van der Waals surface area contributed by atoms with Gasteiger partial charge in [0.15, 0.2) is 0 Å². The Kier molecular flexibility index (Phi) is 16.4. The first-order valence-corrected chi connectivity index (χ1v) is 4.63. The third kappa shape index (κ3) is 23.4. The molecule has 0 unspecified atom stereocenters. The fourth-order valence-corrected chi connectivity index (χ4v) is 0.262. The molecule has 10 heavy (non-hydrogen) atoms. The summed E-state index contributed by atoms with van der Waals surface area (Å²) in [6, 6.07) is 0.368. The normalized spacial score (nSPS) is 8.00. The SMILES string of the molecule is CC(=O)CBr.ClCOCCl. The van der Waals surface area contributed by atoms with E-state index in [2.05, 4.69) is 20.7 Å². The lowest BCUT2D eigenvalue weighted by atomic mass is 10.5. The monoisotopic (exact) mass is 250 g/mol. The van der Waals surface area contributed by atoms with E-state index in [1.165, 1.54) is 6.92 Å². The standard InChI is InChI=1S/C3H5BrO.C2H4Cl2O/c1-3(5)2-4;3-1-5-2-4/h2H2,1H3;1-2H2. The maximum Gasteiger partial charge on any atom is 0.140 e. The van der Waals surface area contributed by atoms with Crippen molar-refractivity contribution in [3.8, 4) is 0 Å². The molecule has 0 aromatic rings. The molecule has 5 heteroatoms. The first kappa shape index (κ1) is 13.3. The maximum absolute atomic E-state index is 9.77. The van der Waals surface area contributed by atoms with Gasteiger partial charge in [0.05, 0.1) is 5.33 Å². The van der Waals surface area contributed by atoms with Gasteiger partial charge in [-0.25, -0.2) is 0 Å². The van der Waals surface area contributed by atoms with Gasteiger partial charge in [-0.1, -0.05) is 39.1 Å². The summed E-state index contributed by atoms with van der Waals surface area (Å²) in [5.41, 5.74) is 0. The minimum absolute atomic E-state index is 0.171. The number of ether oxygens (including phenoxy) is 1. The highest BCUT2D eigenvalue weighted by Gasteiger charge is 1.78. The van der Waals surface area contributed by atoms with Crippen molar-refractivity contribution in [3.05, 3.63) is 0 Å². The van der Waals surface area contributed by atoms with Crippen LogP contribution in [0.5, 0.6) is 0 Å². The van der Waals surface area contributed by atoms with Crippen LogP contribution in [0.2, 0.25) is 0 Å². The van der Waals surface area contributed by atoms with Crippen molar-refractivity contribution in [1.82, 2.24) is 0 Å². The Morgan fingerprint density at radius 1 is 1.50 bits per heavy atom. The zero-order valence-electron chi connectivity index (χ0n) is 5.57. The highest BCUT2D eigenvalue weighted by Crippen LogP contribution is 1.79. The van der Waals surface area contributed by atoms with Gasteiger partial charge in [0.2, 0.25) is 0 Å². The molecule has 0 rings (SSSR count). The van der Waals surface area contributed by atoms with Gasteiger partial charge in [-0.3, -0.25) is 4.79 Å². The summed E-state index contributed by atoms with van der Waals surface area (Å²) in [6.45, 7) is 1.54. The Balaban J connectivity index is 0. The average molecular weight is 252 g/mol. The molecule has 0 aliphatic rings. The molecule has 0 radical (unpaired) electrons. The highest BCUT2D eigenvalue weighted by atomic mass is 79.9. The Morgan fingerprint density at radius 3 is 1.80 bits per heavy atom. The predicted molar refractivity (Wildman–Crippen MR) is 47.0 cm³/mol. The van der Waals surface area contributed by atoms with E-state index in [1.807, 2.05) is 0 Å². The summed E-state index contributed by atoms with van der Waals surface area (Å²) in [4.78, 5) is 9.77. The molecule has 0 saturated carbocycles. The topological polar surface area (TPSA) is 26.3 Å². The lowest BCUT2D eigenvalue weighted by Gasteiger charge is -1.82. The van der Waals surface area contributed by atoms with E-state index in [4.69, 9.17) is 23.2 Å². The number of rotatable bonds is 3. The zero-order chi connectivity index (χ0) is 8.41. The number of carbonyl (C=O) groups excluding carboxylic acids is 1. The number of halogens is 3. The van der Waals surface area contributed by atoms with Gasteiger partial charge >= 0.3 is 0 Å². The molecule has 0 amide bonds. The van der Waals surface area contributed by atoms with Crippen LogP contribution in [0.4, 0.5) is 0 Å². The van der Waals surface area contributed by atoms with Crippen LogP contribution in [-0.4, -0.2) is 23.2 Å². The second-order valence-electron chi connectivity index (χ2n) is 1.26. The van der Waals surface area contributed by atoms with Crippen LogP contribution < -0.4 is 0 Å². The summed E-state index contributed by atoms with van der Waals surface area (Å²) in [6.07, 6.45) is 0. The molecule has 62 valence electrons. The molecule has 2 nitrogen and oxygen atoms in total. The first-order valence-electron chi connectivity index (χ1n) is 2.44. The number of hydrogen-bond donors (Lipinski definition) is 0. The van der Waals surface area contributed by atoms with E-state index in [1.54, 1.807) is 0 Å². The van der Waals surface area contributed by atoms with Crippen molar-refractivity contribution in [2.24, 2.45) is 0 Å². The van der Waals surface area contributed by atoms with E-state index in [0.717, 1.165) is 0 Å². The molecule has 0 aromatic carbocycles. The van der Waals surface area contributed by atoms with Crippen LogP contribution in [0.3, 0.4) is 0 Å². The molecule has 0 aliphatic heterocycles. The van der Waals surface area contributed by atoms with E-state index in [9.17, 15) is 4.79 Å². The maximum atomic E-state index is 9.77. The molecule has 0 atom stereocenters. The molecule has 0 aromatic heterocycles. The van der Waals surface area contributed by atoms with Gasteiger partial charge in [0, 0.05) is 0 Å². The smallest absolute Gasteiger partial charge is 0.140 e. The fourth-order valence-electron chi connectivity index (χ4n) is 0.0292. The van der Waals surface area contributed by atoms with E-state index in [0.29, 0.717) is 5.33 Å². The van der Waals surface area contributed by atoms with Crippen molar-refractivity contribution in [2.45, 2.75) is 6.92 Å². The minimum atomic E-state index is 0.171. The third-order valence-corrected chi connectivity index (χ3v) is 1.44. The van der Waals surface area contributed by atoms with Crippen LogP contribution in [0.1, 0.15) is 6.92 Å². The Labute approximate surface area is 79.0 Å². The van der Waals surface area contributed by atoms with E-state index >= 15 is 0 Å². The van der Waals surface area contributed by atoms with Crippen LogP contribution in [0.15, 0.2) is 0 Å². The van der Waals surface area contributed by atoms with Crippen molar-refractivity contribution in [1.29, 1.82) is 0 Å². The number of Topliss-reactive ketones (excluding diaryl/α,β-unsaturated/α-hetero) is 1. The molecular weight excluding hydrogens is 243 g/mol. The molecule has 0 fully saturated rings. The van der Waals surface area contributed by atoms with Crippen molar-refractivity contribution in [3.63, 3.8) is 0 Å². The minimum Gasteiger partial charge on any atom is -0.350 e. The quantitative estimate of drug-likeness (QED) is 0.720. The molecular formula is C5H9BrCl2O2. The second-order valence-corrected chi connectivity index (χ2v) is 2.26. The highest BCUT2D eigenvalue weighted by molar-refractivity contribution is 9.09. The second kappa shape index (κ2) is 12.4. The summed E-state index contributed by atoms with van der Waals surface area (Å²) in [7, 11) is 0. The van der Waals surface area contributed by atoms with Gasteiger partial charge in [0.25, 0.3) is 0 Å². The summed E-state index contributed by atoms with van der Waals surface area (Å²) in [5, 5.41) is 0.479. The zero-order valence-corrected chi connectivity index (χ0v) is 8.67. The number of hydrogen-bond acceptors (Lipinski definition) is 2. The van der Waals surface area contributed by atoms with Crippen LogP contribution in [-0.2, 0) is 9.53 Å². The Bertz CT molecular complexity index is 78.0.